The summed E-state index contributed by atoms with van der Waals surface area (Å²) in [7, 11) is 0. The average molecular weight is 376 g/mol. The second kappa shape index (κ2) is 8.32. The van der Waals surface area contributed by atoms with Gasteiger partial charge in [0.1, 0.15) is 19.0 Å². The van der Waals surface area contributed by atoms with Gasteiger partial charge >= 0.3 is 0 Å². The number of ether oxygens (including phenoxy) is 3. The van der Waals surface area contributed by atoms with Gasteiger partial charge in [0.05, 0.1) is 6.04 Å². The molecule has 2 unspecified atom stereocenters. The molecule has 1 amide bonds. The van der Waals surface area contributed by atoms with Gasteiger partial charge in [0.15, 0.2) is 17.6 Å². The van der Waals surface area contributed by atoms with Gasteiger partial charge < -0.3 is 19.5 Å². The summed E-state index contributed by atoms with van der Waals surface area (Å²) in [6.07, 6.45) is -0.0419. The Morgan fingerprint density at radius 3 is 2.69 bits per heavy atom. The molecular weight excluding hydrogens is 354 g/mol. The first-order valence-corrected chi connectivity index (χ1v) is 9.06. The largest absolute Gasteiger partial charge is 0.486 e. The summed E-state index contributed by atoms with van der Waals surface area (Å²) >= 11 is 5.97. The third-order valence-corrected chi connectivity index (χ3v) is 4.40. The maximum atomic E-state index is 12.6. The van der Waals surface area contributed by atoms with Gasteiger partial charge in [0, 0.05) is 5.02 Å². The molecule has 6 heteroatoms. The van der Waals surface area contributed by atoms with Crippen LogP contribution in [0.15, 0.2) is 42.5 Å². The first-order valence-electron chi connectivity index (χ1n) is 8.69. The maximum absolute atomic E-state index is 12.6. The van der Waals surface area contributed by atoms with Crippen molar-refractivity contribution in [2.24, 2.45) is 0 Å². The van der Waals surface area contributed by atoms with Gasteiger partial charge in [0.25, 0.3) is 5.91 Å². The zero-order valence-electron chi connectivity index (χ0n) is 14.8. The monoisotopic (exact) mass is 375 g/mol. The number of hydrogen-bond acceptors (Lipinski definition) is 4. The summed E-state index contributed by atoms with van der Waals surface area (Å²) in [6, 6.07) is 12.5. The van der Waals surface area contributed by atoms with Gasteiger partial charge in [-0.05, 0) is 49.2 Å². The lowest BCUT2D eigenvalue weighted by atomic mass is 10.1. The lowest BCUT2D eigenvalue weighted by molar-refractivity contribution is -0.128. The van der Waals surface area contributed by atoms with Crippen molar-refractivity contribution in [2.45, 2.75) is 32.4 Å². The fraction of sp³-hybridized carbons (Fsp3) is 0.350. The molecule has 0 aliphatic carbocycles. The number of amides is 1. The highest BCUT2D eigenvalue weighted by Crippen LogP contribution is 2.32. The van der Waals surface area contributed by atoms with Crippen LogP contribution in [0.25, 0.3) is 0 Å². The molecule has 0 radical (unpaired) electrons. The van der Waals surface area contributed by atoms with Crippen LogP contribution in [0, 0.1) is 0 Å². The zero-order valence-corrected chi connectivity index (χ0v) is 15.6. The number of hydrogen-bond donors (Lipinski definition) is 1. The predicted molar refractivity (Wildman–Crippen MR) is 100 cm³/mol. The quantitative estimate of drug-likeness (QED) is 0.824. The molecule has 1 aliphatic heterocycles. The second-order valence-corrected chi connectivity index (χ2v) is 6.54. The van der Waals surface area contributed by atoms with Gasteiger partial charge in [-0.3, -0.25) is 4.79 Å². The smallest absolute Gasteiger partial charge is 0.261 e. The summed E-state index contributed by atoms with van der Waals surface area (Å²) in [4.78, 5) is 12.6. The van der Waals surface area contributed by atoms with E-state index in [1.54, 1.807) is 24.3 Å². The normalized spacial score (nSPS) is 15.0. The molecule has 0 aromatic heterocycles. The Balaban J connectivity index is 1.65. The number of benzene rings is 2. The third-order valence-electron chi connectivity index (χ3n) is 4.16. The Bertz CT molecular complexity index is 780. The molecule has 2 aromatic rings. The highest BCUT2D eigenvalue weighted by molar-refractivity contribution is 6.30. The van der Waals surface area contributed by atoms with E-state index < -0.39 is 6.10 Å². The molecule has 0 spiro atoms. The average Bonchev–Trinajstić information content (AvgIpc) is 2.65. The van der Waals surface area contributed by atoms with Crippen molar-refractivity contribution in [3.63, 3.8) is 0 Å². The summed E-state index contributed by atoms with van der Waals surface area (Å²) in [5.74, 6) is 1.84. The fourth-order valence-corrected chi connectivity index (χ4v) is 2.93. The van der Waals surface area contributed by atoms with E-state index in [0.717, 1.165) is 11.3 Å². The SMILES string of the molecule is CCC(Oc1cccc(Cl)c1)C(=O)NC(C)c1ccc2c(c1)OCCO2. The van der Waals surface area contributed by atoms with E-state index in [1.807, 2.05) is 32.0 Å². The van der Waals surface area contributed by atoms with Crippen molar-refractivity contribution in [3.8, 4) is 17.2 Å². The van der Waals surface area contributed by atoms with Gasteiger partial charge in [-0.2, -0.15) is 0 Å². The van der Waals surface area contributed by atoms with Crippen molar-refractivity contribution in [1.29, 1.82) is 0 Å². The molecule has 1 aliphatic rings. The molecule has 0 saturated heterocycles. The maximum Gasteiger partial charge on any atom is 0.261 e. The summed E-state index contributed by atoms with van der Waals surface area (Å²) < 4.78 is 16.9. The predicted octanol–water partition coefficient (Wildman–Crippen LogP) is 4.15. The van der Waals surface area contributed by atoms with Crippen molar-refractivity contribution in [1.82, 2.24) is 5.32 Å². The van der Waals surface area contributed by atoms with Crippen molar-refractivity contribution in [3.05, 3.63) is 53.1 Å². The van der Waals surface area contributed by atoms with Gasteiger partial charge in [-0.1, -0.05) is 30.7 Å². The number of halogens is 1. The van der Waals surface area contributed by atoms with Crippen LogP contribution in [0.2, 0.25) is 5.02 Å². The molecule has 3 rings (SSSR count). The second-order valence-electron chi connectivity index (χ2n) is 6.11. The van der Waals surface area contributed by atoms with E-state index in [0.29, 0.717) is 36.2 Å². The highest BCUT2D eigenvalue weighted by atomic mass is 35.5. The fourth-order valence-electron chi connectivity index (χ4n) is 2.75. The first-order chi connectivity index (χ1) is 12.6. The van der Waals surface area contributed by atoms with Crippen LogP contribution in [-0.2, 0) is 4.79 Å². The van der Waals surface area contributed by atoms with Crippen LogP contribution in [0.3, 0.4) is 0 Å². The van der Waals surface area contributed by atoms with Crippen molar-refractivity contribution >= 4 is 17.5 Å². The number of carbonyl (C=O) groups excluding carboxylic acids is 1. The Morgan fingerprint density at radius 2 is 1.96 bits per heavy atom. The molecule has 138 valence electrons. The van der Waals surface area contributed by atoms with Crippen LogP contribution < -0.4 is 19.5 Å². The van der Waals surface area contributed by atoms with E-state index in [9.17, 15) is 4.79 Å². The lowest BCUT2D eigenvalue weighted by Crippen LogP contribution is -2.39. The molecule has 2 aromatic carbocycles. The summed E-state index contributed by atoms with van der Waals surface area (Å²) in [5, 5.41) is 3.57. The topological polar surface area (TPSA) is 56.8 Å². The Hall–Kier alpha value is -2.40. The van der Waals surface area contributed by atoms with E-state index >= 15 is 0 Å². The van der Waals surface area contributed by atoms with Crippen LogP contribution in [0.5, 0.6) is 17.2 Å². The minimum absolute atomic E-state index is 0.171. The molecule has 2 atom stereocenters. The number of nitrogens with one attached hydrogen (secondary N) is 1. The van der Waals surface area contributed by atoms with Crippen LogP contribution in [0.1, 0.15) is 31.9 Å². The highest BCUT2D eigenvalue weighted by Gasteiger charge is 2.22. The molecule has 1 heterocycles. The molecule has 1 N–H and O–H groups in total. The van der Waals surface area contributed by atoms with E-state index in [2.05, 4.69) is 5.32 Å². The minimum Gasteiger partial charge on any atom is -0.486 e. The van der Waals surface area contributed by atoms with Gasteiger partial charge in [-0.15, -0.1) is 0 Å². The van der Waals surface area contributed by atoms with E-state index in [4.69, 9.17) is 25.8 Å². The molecule has 5 nitrogen and oxygen atoms in total. The zero-order chi connectivity index (χ0) is 18.5. The van der Waals surface area contributed by atoms with Crippen LogP contribution in [-0.4, -0.2) is 25.2 Å². The Labute approximate surface area is 158 Å². The minimum atomic E-state index is -0.590. The molecule has 0 saturated carbocycles. The summed E-state index contributed by atoms with van der Waals surface area (Å²) in [5.41, 5.74) is 0.945. The number of fused-ring (bicyclic) bond motifs is 1. The van der Waals surface area contributed by atoms with Crippen LogP contribution in [0.4, 0.5) is 0 Å². The first kappa shape index (κ1) is 18.4. The van der Waals surface area contributed by atoms with Crippen LogP contribution >= 0.6 is 11.6 Å². The van der Waals surface area contributed by atoms with Crippen molar-refractivity contribution in [2.75, 3.05) is 13.2 Å². The molecule has 0 bridgehead atoms. The third kappa shape index (κ3) is 4.41. The standard InChI is InChI=1S/C20H22ClNO4/c1-3-17(26-16-6-4-5-15(21)12-16)20(23)22-13(2)14-7-8-18-19(11-14)25-10-9-24-18/h4-8,11-13,17H,3,9-10H2,1-2H3,(H,22,23). The van der Waals surface area contributed by atoms with Crippen molar-refractivity contribution < 1.29 is 19.0 Å². The van der Waals surface area contributed by atoms with Gasteiger partial charge in [0.2, 0.25) is 0 Å². The number of carbonyl (C=O) groups is 1. The molecular formula is C20H22ClNO4. The number of rotatable bonds is 6. The van der Waals surface area contributed by atoms with E-state index in [-0.39, 0.29) is 11.9 Å². The Morgan fingerprint density at radius 1 is 1.19 bits per heavy atom. The Kier molecular flexibility index (Phi) is 5.89. The molecule has 0 fully saturated rings. The van der Waals surface area contributed by atoms with E-state index in [1.165, 1.54) is 0 Å². The summed E-state index contributed by atoms with van der Waals surface area (Å²) in [6.45, 7) is 4.92. The molecule has 26 heavy (non-hydrogen) atoms. The lowest BCUT2D eigenvalue weighted by Gasteiger charge is -2.23. The van der Waals surface area contributed by atoms with Gasteiger partial charge in [-0.25, -0.2) is 0 Å².